The summed E-state index contributed by atoms with van der Waals surface area (Å²) >= 11 is 0.264. The molecule has 1 saturated heterocycles. The van der Waals surface area contributed by atoms with Gasteiger partial charge in [-0.05, 0) is 0 Å². The summed E-state index contributed by atoms with van der Waals surface area (Å²) in [5, 5.41) is 0. The summed E-state index contributed by atoms with van der Waals surface area (Å²) in [7, 11) is 3.35. The Labute approximate surface area is 168 Å². The molecule has 0 amide bonds. The summed E-state index contributed by atoms with van der Waals surface area (Å²) in [6.45, 7) is 4.67. The molecule has 0 saturated carbocycles. The minimum atomic E-state index is 0.00470. The van der Waals surface area contributed by atoms with E-state index in [-0.39, 0.29) is 33.3 Å². The Morgan fingerprint density at radius 2 is 1.67 bits per heavy atom. The van der Waals surface area contributed by atoms with Gasteiger partial charge < -0.3 is 0 Å². The van der Waals surface area contributed by atoms with Crippen molar-refractivity contribution in [1.82, 2.24) is 0 Å². The fourth-order valence-electron chi connectivity index (χ4n) is 3.60. The van der Waals surface area contributed by atoms with Crippen molar-refractivity contribution in [2.24, 2.45) is 5.92 Å². The third-order valence-electron chi connectivity index (χ3n) is 5.00. The van der Waals surface area contributed by atoms with Crippen LogP contribution in [0.15, 0.2) is 54.6 Å². The Morgan fingerprint density at radius 3 is 2.30 bits per heavy atom. The molecule has 1 fully saturated rings. The first-order valence-electron chi connectivity index (χ1n) is 9.25. The minimum absolute atomic E-state index is 0.00470. The van der Waals surface area contributed by atoms with Crippen LogP contribution in [0.1, 0.15) is 25.5 Å². The van der Waals surface area contributed by atoms with Gasteiger partial charge in [0.15, 0.2) is 0 Å². The van der Waals surface area contributed by atoms with E-state index in [0.29, 0.717) is 17.5 Å². The second-order valence-electron chi connectivity index (χ2n) is 6.83. The van der Waals surface area contributed by atoms with E-state index in [1.807, 2.05) is 12.1 Å². The van der Waals surface area contributed by atoms with Gasteiger partial charge in [0.25, 0.3) is 0 Å². The van der Waals surface area contributed by atoms with Gasteiger partial charge in [0.2, 0.25) is 0 Å². The monoisotopic (exact) mass is 436 g/mol. The van der Waals surface area contributed by atoms with Gasteiger partial charge in [-0.3, -0.25) is 0 Å². The molecule has 0 aromatic heterocycles. The third-order valence-corrected chi connectivity index (χ3v) is 8.13. The first-order chi connectivity index (χ1) is 13.1. The second kappa shape index (κ2) is 9.72. The van der Waals surface area contributed by atoms with Gasteiger partial charge in [-0.1, -0.05) is 0 Å². The van der Waals surface area contributed by atoms with Crippen LogP contribution < -0.4 is 9.20 Å². The molecule has 0 N–H and O–H groups in total. The second-order valence-corrected chi connectivity index (χ2v) is 9.45. The summed E-state index contributed by atoms with van der Waals surface area (Å²) in [5.74, 6) is 1.22. The van der Waals surface area contributed by atoms with Crippen molar-refractivity contribution in [2.45, 2.75) is 37.0 Å². The van der Waals surface area contributed by atoms with E-state index in [1.54, 1.807) is 14.2 Å². The quantitative estimate of drug-likeness (QED) is 0.492. The van der Waals surface area contributed by atoms with E-state index in [1.165, 1.54) is 10.0 Å². The molecule has 146 valence electrons. The first kappa shape index (κ1) is 20.4. The summed E-state index contributed by atoms with van der Waals surface area (Å²) in [4.78, 5) is 0.367. The Hall–Kier alpha value is -1.36. The van der Waals surface area contributed by atoms with Crippen molar-refractivity contribution in [3.8, 4) is 5.75 Å². The zero-order chi connectivity index (χ0) is 19.2. The van der Waals surface area contributed by atoms with Crippen molar-refractivity contribution in [2.75, 3.05) is 21.0 Å². The van der Waals surface area contributed by atoms with Crippen LogP contribution >= 0.6 is 0 Å². The van der Waals surface area contributed by atoms with Crippen molar-refractivity contribution < 1.29 is 18.9 Å². The number of methoxy groups -OCH3 is 2. The van der Waals surface area contributed by atoms with Gasteiger partial charge >= 0.3 is 168 Å². The molecule has 0 spiro atoms. The predicted octanol–water partition coefficient (Wildman–Crippen LogP) is 3.60. The molecule has 0 radical (unpaired) electrons. The topological polar surface area (TPSA) is 36.9 Å². The molecular formula is C22H28O4Se. The number of benzene rings is 2. The van der Waals surface area contributed by atoms with E-state index in [4.69, 9.17) is 18.9 Å². The van der Waals surface area contributed by atoms with Crippen LogP contribution in [0.5, 0.6) is 5.75 Å². The summed E-state index contributed by atoms with van der Waals surface area (Å²) in [6.07, 6.45) is 0.0728. The number of ether oxygens (including phenoxy) is 4. The molecule has 0 unspecified atom stereocenters. The molecule has 27 heavy (non-hydrogen) atoms. The molecule has 1 heterocycles. The molecular weight excluding hydrogens is 407 g/mol. The maximum absolute atomic E-state index is 6.51. The van der Waals surface area contributed by atoms with E-state index < -0.39 is 0 Å². The van der Waals surface area contributed by atoms with Gasteiger partial charge in [-0.2, -0.15) is 0 Å². The van der Waals surface area contributed by atoms with Crippen molar-refractivity contribution in [3.05, 3.63) is 60.2 Å². The third kappa shape index (κ3) is 4.92. The van der Waals surface area contributed by atoms with E-state index in [2.05, 4.69) is 56.3 Å². The molecule has 5 heteroatoms. The van der Waals surface area contributed by atoms with Gasteiger partial charge in [-0.15, -0.1) is 0 Å². The molecule has 2 aromatic rings. The molecule has 0 bridgehead atoms. The number of rotatable bonds is 7. The average Bonchev–Trinajstić information content (AvgIpc) is 2.71. The van der Waals surface area contributed by atoms with Gasteiger partial charge in [-0.25, -0.2) is 0 Å². The van der Waals surface area contributed by atoms with Crippen LogP contribution in [0.3, 0.4) is 0 Å². The van der Waals surface area contributed by atoms with Gasteiger partial charge in [0.05, 0.1) is 0 Å². The Kier molecular flexibility index (Phi) is 7.33. The van der Waals surface area contributed by atoms with E-state index >= 15 is 0 Å². The Balaban J connectivity index is 1.88. The van der Waals surface area contributed by atoms with Crippen LogP contribution in [-0.4, -0.2) is 48.2 Å². The maximum atomic E-state index is 6.51. The molecule has 1 aliphatic rings. The Morgan fingerprint density at radius 1 is 0.963 bits per heavy atom. The fraction of sp³-hybridized carbons (Fsp3) is 0.455. The van der Waals surface area contributed by atoms with E-state index in [9.17, 15) is 0 Å². The molecule has 5 atom stereocenters. The van der Waals surface area contributed by atoms with Crippen LogP contribution in [0.2, 0.25) is 4.82 Å². The van der Waals surface area contributed by atoms with E-state index in [0.717, 1.165) is 5.75 Å². The van der Waals surface area contributed by atoms with Crippen molar-refractivity contribution in [1.29, 1.82) is 0 Å². The molecule has 1 aliphatic heterocycles. The SMILES string of the molecule is COCO[C@@H]1[C@H](C)[C@@H]([Se]c2ccccc2)[C@H](c2ccc(OC)cc2)O[C@@H]1C. The van der Waals surface area contributed by atoms with Crippen molar-refractivity contribution in [3.63, 3.8) is 0 Å². The summed E-state index contributed by atoms with van der Waals surface area (Å²) < 4.78 is 24.3. The van der Waals surface area contributed by atoms with Crippen molar-refractivity contribution >= 4 is 19.4 Å². The summed E-state index contributed by atoms with van der Waals surface area (Å²) in [5.41, 5.74) is 1.20. The molecule has 4 nitrogen and oxygen atoms in total. The fourth-order valence-corrected chi connectivity index (χ4v) is 6.41. The van der Waals surface area contributed by atoms with Crippen LogP contribution in [0, 0.1) is 5.92 Å². The first-order valence-corrected chi connectivity index (χ1v) is 11.1. The number of hydrogen-bond acceptors (Lipinski definition) is 4. The van der Waals surface area contributed by atoms with Crippen LogP contribution in [0.4, 0.5) is 0 Å². The van der Waals surface area contributed by atoms with Gasteiger partial charge in [0.1, 0.15) is 0 Å². The van der Waals surface area contributed by atoms with Crippen LogP contribution in [-0.2, 0) is 14.2 Å². The zero-order valence-corrected chi connectivity index (χ0v) is 18.0. The van der Waals surface area contributed by atoms with Crippen LogP contribution in [0.25, 0.3) is 0 Å². The normalized spacial score (nSPS) is 28.1. The molecule has 3 rings (SSSR count). The summed E-state index contributed by atoms with van der Waals surface area (Å²) in [6, 6.07) is 18.9. The Bertz CT molecular complexity index is 691. The predicted molar refractivity (Wildman–Crippen MR) is 108 cm³/mol. The standard InChI is InChI=1S/C22H28O4Se/c1-15-20(25-14-23-3)16(2)26-21(17-10-12-18(24-4)13-11-17)22(15)27-19-8-6-5-7-9-19/h5-13,15-16,20-22H,14H2,1-4H3/t15-,16+,20+,21-,22+/m0/s1. The number of hydrogen-bond donors (Lipinski definition) is 0. The molecule has 0 aliphatic carbocycles. The van der Waals surface area contributed by atoms with Gasteiger partial charge in [0, 0.05) is 0 Å². The average molecular weight is 435 g/mol. The zero-order valence-electron chi connectivity index (χ0n) is 16.3. The molecule has 2 aromatic carbocycles.